The van der Waals surface area contributed by atoms with Crippen LogP contribution in [0.2, 0.25) is 0 Å². The van der Waals surface area contributed by atoms with Crippen LogP contribution in [0, 0.1) is 6.92 Å². The first-order valence-electron chi connectivity index (χ1n) is 6.89. The maximum Gasteiger partial charge on any atom is 0.136 e. The number of hydrogen-bond acceptors (Lipinski definition) is 3. The van der Waals surface area contributed by atoms with Gasteiger partial charge in [-0.2, -0.15) is 0 Å². The van der Waals surface area contributed by atoms with Crippen molar-refractivity contribution in [3.05, 3.63) is 46.3 Å². The van der Waals surface area contributed by atoms with Crippen molar-refractivity contribution in [3.8, 4) is 11.3 Å². The van der Waals surface area contributed by atoms with Crippen LogP contribution in [-0.2, 0) is 5.41 Å². The molecule has 104 valence electrons. The topological polar surface area (TPSA) is 37.8 Å². The van der Waals surface area contributed by atoms with E-state index in [1.54, 1.807) is 0 Å². The summed E-state index contributed by atoms with van der Waals surface area (Å²) in [6, 6.07) is 8.29. The Hall–Kier alpha value is -1.26. The molecule has 1 N–H and O–H groups in total. The zero-order valence-corrected chi connectivity index (χ0v) is 13.4. The van der Waals surface area contributed by atoms with Gasteiger partial charge >= 0.3 is 0 Å². The van der Waals surface area contributed by atoms with E-state index in [0.717, 1.165) is 22.5 Å². The van der Waals surface area contributed by atoms with E-state index in [1.165, 1.54) is 24.0 Å². The number of halogens is 1. The van der Waals surface area contributed by atoms with Crippen molar-refractivity contribution < 1.29 is 0 Å². The molecule has 3 nitrogen and oxygen atoms in total. The lowest BCUT2D eigenvalue weighted by Gasteiger charge is -2.14. The molecule has 4 heteroatoms. The second-order valence-electron chi connectivity index (χ2n) is 5.54. The van der Waals surface area contributed by atoms with Crippen molar-refractivity contribution in [2.75, 3.05) is 13.6 Å². The summed E-state index contributed by atoms with van der Waals surface area (Å²) in [5, 5.41) is 3.26. The van der Waals surface area contributed by atoms with Gasteiger partial charge in [-0.1, -0.05) is 22.0 Å². The van der Waals surface area contributed by atoms with Gasteiger partial charge in [0.05, 0.1) is 5.69 Å². The van der Waals surface area contributed by atoms with Crippen molar-refractivity contribution in [3.63, 3.8) is 0 Å². The number of likely N-dealkylation sites (N-methyl/N-ethyl adjacent to an activating group) is 1. The number of nitrogens with zero attached hydrogens (tertiary/aromatic N) is 2. The predicted molar refractivity (Wildman–Crippen MR) is 84.7 cm³/mol. The van der Waals surface area contributed by atoms with Gasteiger partial charge in [0.25, 0.3) is 0 Å². The van der Waals surface area contributed by atoms with Crippen LogP contribution < -0.4 is 5.32 Å². The fraction of sp³-hybridized carbons (Fsp3) is 0.375. The van der Waals surface area contributed by atoms with Crippen LogP contribution >= 0.6 is 15.9 Å². The molecule has 0 saturated heterocycles. The Morgan fingerprint density at radius 2 is 2.10 bits per heavy atom. The Kier molecular flexibility index (Phi) is 3.61. The highest BCUT2D eigenvalue weighted by atomic mass is 79.9. The predicted octanol–water partition coefficient (Wildman–Crippen LogP) is 3.47. The Bertz CT molecular complexity index is 635. The lowest BCUT2D eigenvalue weighted by atomic mass is 10.0. The molecule has 2 aromatic rings. The molecule has 0 amide bonds. The molecule has 1 aromatic carbocycles. The van der Waals surface area contributed by atoms with Gasteiger partial charge in [0.1, 0.15) is 5.82 Å². The summed E-state index contributed by atoms with van der Waals surface area (Å²) in [6.07, 6.45) is 4.23. The largest absolute Gasteiger partial charge is 0.319 e. The summed E-state index contributed by atoms with van der Waals surface area (Å²) in [6.45, 7) is 3.07. The minimum absolute atomic E-state index is 0.157. The zero-order valence-electron chi connectivity index (χ0n) is 11.8. The molecule has 0 spiro atoms. The highest BCUT2D eigenvalue weighted by molar-refractivity contribution is 9.10. The summed E-state index contributed by atoms with van der Waals surface area (Å²) in [5.41, 5.74) is 3.57. The normalized spacial score (nSPS) is 16.1. The Balaban J connectivity index is 2.01. The fourth-order valence-corrected chi connectivity index (χ4v) is 2.96. The molecule has 0 bridgehead atoms. The Morgan fingerprint density at radius 1 is 1.30 bits per heavy atom. The summed E-state index contributed by atoms with van der Waals surface area (Å²) >= 11 is 3.54. The highest BCUT2D eigenvalue weighted by Crippen LogP contribution is 2.46. The van der Waals surface area contributed by atoms with Gasteiger partial charge in [-0.05, 0) is 50.6 Å². The van der Waals surface area contributed by atoms with E-state index in [2.05, 4.69) is 51.4 Å². The van der Waals surface area contributed by atoms with Gasteiger partial charge in [0, 0.05) is 28.2 Å². The van der Waals surface area contributed by atoms with Crippen LogP contribution in [0.1, 0.15) is 24.2 Å². The lowest BCUT2D eigenvalue weighted by Crippen LogP contribution is -2.25. The van der Waals surface area contributed by atoms with Crippen molar-refractivity contribution in [2.45, 2.75) is 25.2 Å². The molecule has 0 atom stereocenters. The van der Waals surface area contributed by atoms with Crippen LogP contribution in [0.3, 0.4) is 0 Å². The molecule has 1 fully saturated rings. The molecule has 3 rings (SSSR count). The number of aromatic nitrogens is 2. The third kappa shape index (κ3) is 2.50. The first-order valence-corrected chi connectivity index (χ1v) is 7.69. The molecular weight excluding hydrogens is 314 g/mol. The van der Waals surface area contributed by atoms with Crippen molar-refractivity contribution in [1.82, 2.24) is 15.3 Å². The third-order valence-corrected chi connectivity index (χ3v) is 4.47. The van der Waals surface area contributed by atoms with Crippen LogP contribution in [0.4, 0.5) is 0 Å². The summed E-state index contributed by atoms with van der Waals surface area (Å²) in [7, 11) is 1.99. The smallest absolute Gasteiger partial charge is 0.136 e. The molecule has 1 aliphatic rings. The minimum Gasteiger partial charge on any atom is -0.319 e. The standard InChI is InChI=1S/C16H18BrN3/c1-11-3-4-12(17)9-13(11)14-5-8-19-15(20-14)16(6-7-16)10-18-2/h3-5,8-9,18H,6-7,10H2,1-2H3. The lowest BCUT2D eigenvalue weighted by molar-refractivity contribution is 0.588. The molecule has 0 radical (unpaired) electrons. The van der Waals surface area contributed by atoms with E-state index in [-0.39, 0.29) is 5.41 Å². The van der Waals surface area contributed by atoms with Crippen LogP contribution in [-0.4, -0.2) is 23.6 Å². The molecule has 1 heterocycles. The van der Waals surface area contributed by atoms with Gasteiger partial charge in [0.2, 0.25) is 0 Å². The second-order valence-corrected chi connectivity index (χ2v) is 6.45. The highest BCUT2D eigenvalue weighted by Gasteiger charge is 2.46. The maximum absolute atomic E-state index is 4.83. The SMILES string of the molecule is CNCC1(c2nccc(-c3cc(Br)ccc3C)n2)CC1. The minimum atomic E-state index is 0.157. The van der Waals surface area contributed by atoms with Gasteiger partial charge < -0.3 is 5.32 Å². The van der Waals surface area contributed by atoms with Crippen molar-refractivity contribution in [2.24, 2.45) is 0 Å². The molecule has 1 aliphatic carbocycles. The quantitative estimate of drug-likeness (QED) is 0.932. The summed E-state index contributed by atoms with van der Waals surface area (Å²) < 4.78 is 1.08. The second kappa shape index (κ2) is 5.26. The molecule has 20 heavy (non-hydrogen) atoms. The molecule has 0 aliphatic heterocycles. The van der Waals surface area contributed by atoms with E-state index in [9.17, 15) is 0 Å². The van der Waals surface area contributed by atoms with Crippen molar-refractivity contribution >= 4 is 15.9 Å². The van der Waals surface area contributed by atoms with Crippen LogP contribution in [0.25, 0.3) is 11.3 Å². The average Bonchev–Trinajstić information content (AvgIpc) is 3.23. The average molecular weight is 332 g/mol. The Labute approximate surface area is 128 Å². The van der Waals surface area contributed by atoms with Gasteiger partial charge in [-0.25, -0.2) is 9.97 Å². The van der Waals surface area contributed by atoms with Gasteiger partial charge in [-0.3, -0.25) is 0 Å². The molecule has 1 aromatic heterocycles. The Morgan fingerprint density at radius 3 is 2.80 bits per heavy atom. The third-order valence-electron chi connectivity index (χ3n) is 3.97. The maximum atomic E-state index is 4.83. The monoisotopic (exact) mass is 331 g/mol. The van der Waals surface area contributed by atoms with E-state index in [1.807, 2.05) is 19.3 Å². The summed E-state index contributed by atoms with van der Waals surface area (Å²) in [4.78, 5) is 9.33. The zero-order chi connectivity index (χ0) is 14.2. The fourth-order valence-electron chi connectivity index (χ4n) is 2.60. The van der Waals surface area contributed by atoms with Crippen molar-refractivity contribution in [1.29, 1.82) is 0 Å². The first kappa shape index (κ1) is 13.7. The van der Waals surface area contributed by atoms with E-state index < -0.39 is 0 Å². The van der Waals surface area contributed by atoms with E-state index in [0.29, 0.717) is 0 Å². The van der Waals surface area contributed by atoms with Gasteiger partial charge in [-0.15, -0.1) is 0 Å². The number of aryl methyl sites for hydroxylation is 1. The number of hydrogen-bond donors (Lipinski definition) is 1. The molecule has 1 saturated carbocycles. The van der Waals surface area contributed by atoms with Gasteiger partial charge in [0.15, 0.2) is 0 Å². The van der Waals surface area contributed by atoms with Crippen LogP contribution in [0.15, 0.2) is 34.9 Å². The summed E-state index contributed by atoms with van der Waals surface area (Å²) in [5.74, 6) is 0.976. The number of rotatable bonds is 4. The van der Waals surface area contributed by atoms with E-state index >= 15 is 0 Å². The molecule has 0 unspecified atom stereocenters. The number of nitrogens with one attached hydrogen (secondary N) is 1. The first-order chi connectivity index (χ1) is 9.64. The van der Waals surface area contributed by atoms with Crippen LogP contribution in [0.5, 0.6) is 0 Å². The molecular formula is C16H18BrN3. The number of benzene rings is 1. The van der Waals surface area contributed by atoms with E-state index in [4.69, 9.17) is 4.98 Å².